The molecule has 3 nitrogen and oxygen atoms in total. The first-order valence-corrected chi connectivity index (χ1v) is 4.49. The smallest absolute Gasteiger partial charge is 0.133 e. The predicted octanol–water partition coefficient (Wildman–Crippen LogP) is 2.46. The fourth-order valence-corrected chi connectivity index (χ4v) is 1.51. The van der Waals surface area contributed by atoms with Gasteiger partial charge in [-0.3, -0.25) is 0 Å². The molecule has 0 bridgehead atoms. The van der Waals surface area contributed by atoms with Crippen LogP contribution in [0.15, 0.2) is 11.8 Å². The molecule has 0 aromatic heterocycles. The van der Waals surface area contributed by atoms with Crippen LogP contribution in [0.25, 0.3) is 0 Å². The van der Waals surface area contributed by atoms with Crippen molar-refractivity contribution in [3.63, 3.8) is 0 Å². The van der Waals surface area contributed by atoms with Crippen LogP contribution < -0.4 is 0 Å². The minimum Gasteiger partial charge on any atom is -0.515 e. The lowest BCUT2D eigenvalue weighted by Gasteiger charge is -2.11. The lowest BCUT2D eigenvalue weighted by atomic mass is 10.1. The molecule has 0 aliphatic rings. The Balaban J connectivity index is 4.48. The van der Waals surface area contributed by atoms with E-state index in [-0.39, 0.29) is 5.25 Å². The third-order valence-corrected chi connectivity index (χ3v) is 2.46. The van der Waals surface area contributed by atoms with Crippen molar-refractivity contribution < 1.29 is 5.11 Å². The highest BCUT2D eigenvalue weighted by Gasteiger charge is 2.14. The highest BCUT2D eigenvalue weighted by Crippen LogP contribution is 2.21. The van der Waals surface area contributed by atoms with E-state index in [0.29, 0.717) is 11.3 Å². The topological polar surface area (TPSA) is 67.9 Å². The number of rotatable bonds is 4. The molecule has 0 spiro atoms. The molecule has 2 N–H and O–H groups in total. The van der Waals surface area contributed by atoms with Crippen molar-refractivity contribution in [3.05, 3.63) is 11.8 Å². The normalized spacial score (nSPS) is 13.6. The number of hydrogen-bond donors (Lipinski definition) is 2. The van der Waals surface area contributed by atoms with E-state index in [4.69, 9.17) is 15.8 Å². The van der Waals surface area contributed by atoms with Gasteiger partial charge in [-0.1, -0.05) is 6.92 Å². The molecule has 66 valence electrons. The number of thioether (sulfide) groups is 1. The number of hydrogen-bond acceptors (Lipinski definition) is 4. The van der Waals surface area contributed by atoms with E-state index in [0.717, 1.165) is 24.4 Å². The van der Waals surface area contributed by atoms with Crippen LogP contribution in [0.5, 0.6) is 0 Å². The molecule has 0 saturated heterocycles. The van der Waals surface area contributed by atoms with Gasteiger partial charge in [0.25, 0.3) is 0 Å². The monoisotopic (exact) mass is 184 g/mol. The summed E-state index contributed by atoms with van der Waals surface area (Å²) in [5.74, 6) is 0. The molecule has 12 heavy (non-hydrogen) atoms. The summed E-state index contributed by atoms with van der Waals surface area (Å²) in [7, 11) is 0. The van der Waals surface area contributed by atoms with Gasteiger partial charge < -0.3 is 10.5 Å². The molecule has 0 heterocycles. The van der Waals surface area contributed by atoms with Crippen molar-refractivity contribution in [2.24, 2.45) is 0 Å². The number of nitrogens with zero attached hydrogens (tertiary/aromatic N) is 1. The summed E-state index contributed by atoms with van der Waals surface area (Å²) in [6.45, 7) is 3.52. The van der Waals surface area contributed by atoms with Crippen LogP contribution in [0.3, 0.4) is 0 Å². The number of aliphatic hydroxyl groups is 1. The average molecular weight is 184 g/mol. The van der Waals surface area contributed by atoms with Gasteiger partial charge in [0.1, 0.15) is 5.40 Å². The van der Waals surface area contributed by atoms with E-state index in [1.165, 1.54) is 0 Å². The maximum atomic E-state index is 8.80. The lowest BCUT2D eigenvalue weighted by molar-refractivity contribution is 0.468. The van der Waals surface area contributed by atoms with Crippen LogP contribution in [0.1, 0.15) is 20.3 Å². The summed E-state index contributed by atoms with van der Waals surface area (Å²) in [6, 6.07) is 0. The van der Waals surface area contributed by atoms with Crippen molar-refractivity contribution >= 4 is 17.5 Å². The molecule has 0 unspecified atom stereocenters. The van der Waals surface area contributed by atoms with E-state index in [9.17, 15) is 0 Å². The lowest BCUT2D eigenvalue weighted by Crippen LogP contribution is -2.11. The second-order valence-corrected chi connectivity index (χ2v) is 3.30. The first-order chi connectivity index (χ1) is 5.67. The first kappa shape index (κ1) is 11.1. The Labute approximate surface area is 76.6 Å². The zero-order chi connectivity index (χ0) is 9.56. The Bertz CT molecular complexity index is 230. The Hall–Kier alpha value is -0.950. The Morgan fingerprint density at radius 1 is 1.83 bits per heavy atom. The highest BCUT2D eigenvalue weighted by molar-refractivity contribution is 8.04. The minimum absolute atomic E-state index is 0.0856. The zero-order valence-electron chi connectivity index (χ0n) is 7.16. The van der Waals surface area contributed by atoms with E-state index in [2.05, 4.69) is 0 Å². The van der Waals surface area contributed by atoms with Crippen LogP contribution >= 0.6 is 11.8 Å². The Kier molecular flexibility index (Phi) is 5.22. The van der Waals surface area contributed by atoms with Crippen LogP contribution in [-0.4, -0.2) is 16.1 Å². The summed E-state index contributed by atoms with van der Waals surface area (Å²) in [5, 5.41) is 26.4. The summed E-state index contributed by atoms with van der Waals surface area (Å²) in [6.07, 6.45) is 1.65. The van der Waals surface area contributed by atoms with Gasteiger partial charge in [0, 0.05) is 16.5 Å². The molecule has 0 aliphatic carbocycles. The van der Waals surface area contributed by atoms with E-state index in [1.54, 1.807) is 6.92 Å². The number of nitriles is 1. The van der Waals surface area contributed by atoms with Crippen LogP contribution in [0, 0.1) is 16.1 Å². The van der Waals surface area contributed by atoms with Gasteiger partial charge in [0.15, 0.2) is 0 Å². The van der Waals surface area contributed by atoms with Crippen LogP contribution in [-0.2, 0) is 0 Å². The molecule has 0 amide bonds. The van der Waals surface area contributed by atoms with Crippen molar-refractivity contribution in [3.8, 4) is 5.40 Å². The molecule has 1 atom stereocenters. The third-order valence-electron chi connectivity index (χ3n) is 1.48. The van der Waals surface area contributed by atoms with Gasteiger partial charge >= 0.3 is 0 Å². The largest absolute Gasteiger partial charge is 0.515 e. The van der Waals surface area contributed by atoms with Gasteiger partial charge in [-0.2, -0.15) is 5.26 Å². The molecule has 0 aromatic rings. The standard InChI is InChI=1S/C8H12N2OS/c1-3-8(12-5-9)7(4-11)6(2)10/h4,8,10-11H,3H2,1-2H3/b7-4+,10-6?/t8-/m0/s1. The summed E-state index contributed by atoms with van der Waals surface area (Å²) in [4.78, 5) is 0. The number of thiocyanates is 1. The second-order valence-electron chi connectivity index (χ2n) is 2.32. The highest BCUT2D eigenvalue weighted by atomic mass is 32.2. The first-order valence-electron chi connectivity index (χ1n) is 3.61. The van der Waals surface area contributed by atoms with E-state index >= 15 is 0 Å². The van der Waals surface area contributed by atoms with Crippen molar-refractivity contribution in [1.29, 1.82) is 10.7 Å². The summed E-state index contributed by atoms with van der Waals surface area (Å²) in [5.41, 5.74) is 0.844. The fourth-order valence-electron chi connectivity index (χ4n) is 0.852. The zero-order valence-corrected chi connectivity index (χ0v) is 7.98. The average Bonchev–Trinajstić information content (AvgIpc) is 2.03. The molecule has 4 heteroatoms. The van der Waals surface area contributed by atoms with Crippen molar-refractivity contribution in [2.75, 3.05) is 0 Å². The molecule has 0 aromatic carbocycles. The Morgan fingerprint density at radius 2 is 2.42 bits per heavy atom. The van der Waals surface area contributed by atoms with Gasteiger partial charge in [0.2, 0.25) is 0 Å². The maximum Gasteiger partial charge on any atom is 0.133 e. The second kappa shape index (κ2) is 5.67. The maximum absolute atomic E-state index is 8.80. The quantitative estimate of drug-likeness (QED) is 0.400. The van der Waals surface area contributed by atoms with Crippen LogP contribution in [0.2, 0.25) is 0 Å². The molecule has 0 aliphatic heterocycles. The van der Waals surface area contributed by atoms with E-state index in [1.807, 2.05) is 12.3 Å². The van der Waals surface area contributed by atoms with Gasteiger partial charge in [-0.15, -0.1) is 0 Å². The summed E-state index contributed by atoms with van der Waals surface area (Å²) >= 11 is 1.07. The number of aliphatic hydroxyl groups excluding tert-OH is 1. The molecule has 0 radical (unpaired) electrons. The van der Waals surface area contributed by atoms with Crippen molar-refractivity contribution in [1.82, 2.24) is 0 Å². The molecular weight excluding hydrogens is 172 g/mol. The van der Waals surface area contributed by atoms with Crippen molar-refractivity contribution in [2.45, 2.75) is 25.5 Å². The van der Waals surface area contributed by atoms with Crippen LogP contribution in [0.4, 0.5) is 0 Å². The molecule has 0 saturated carbocycles. The van der Waals surface area contributed by atoms with Gasteiger partial charge in [0.05, 0.1) is 6.26 Å². The number of nitrogens with one attached hydrogen (secondary N) is 1. The third kappa shape index (κ3) is 2.97. The van der Waals surface area contributed by atoms with E-state index < -0.39 is 0 Å². The Morgan fingerprint density at radius 3 is 2.67 bits per heavy atom. The molecular formula is C8H12N2OS. The molecule has 0 fully saturated rings. The van der Waals surface area contributed by atoms with Gasteiger partial charge in [-0.25, -0.2) is 0 Å². The fraction of sp³-hybridized carbons (Fsp3) is 0.500. The predicted molar refractivity (Wildman–Crippen MR) is 51.4 cm³/mol. The minimum atomic E-state index is -0.0856. The van der Waals surface area contributed by atoms with Gasteiger partial charge in [-0.05, 0) is 25.1 Å². The SMILES string of the molecule is CC[C@H](SC#N)/C(=C/O)C(C)=N. The molecule has 0 rings (SSSR count). The summed E-state index contributed by atoms with van der Waals surface area (Å²) < 4.78 is 0.